The SMILES string of the molecule is O=S(=O)(O)O[SH](=O)(O)O. The highest BCUT2D eigenvalue weighted by molar-refractivity contribution is 7.98. The second kappa shape index (κ2) is 2.28. The molecule has 0 atom stereocenters. The van der Waals surface area contributed by atoms with E-state index in [1.807, 2.05) is 0 Å². The fraction of sp³-hybridized carbons (Fsp3) is 0. The van der Waals surface area contributed by atoms with Gasteiger partial charge in [0.2, 0.25) is 0 Å². The van der Waals surface area contributed by atoms with Gasteiger partial charge in [0, 0.05) is 0 Å². The highest BCUT2D eigenvalue weighted by atomic mass is 32.3. The molecule has 0 aliphatic rings. The topological polar surface area (TPSA) is 121 Å². The van der Waals surface area contributed by atoms with Gasteiger partial charge in [0.25, 0.3) is 0 Å². The van der Waals surface area contributed by atoms with Crippen LogP contribution < -0.4 is 0 Å². The highest BCUT2D eigenvalue weighted by Crippen LogP contribution is 1.98. The van der Waals surface area contributed by atoms with Gasteiger partial charge in [0.05, 0.1) is 0 Å². The number of hydrogen-bond acceptors (Lipinski definition) is 4. The summed E-state index contributed by atoms with van der Waals surface area (Å²) in [6.07, 6.45) is 0. The predicted octanol–water partition coefficient (Wildman–Crippen LogP) is -1.32. The molecule has 0 radical (unpaired) electrons. The molecule has 0 amide bonds. The Morgan fingerprint density at radius 1 is 1.33 bits per heavy atom. The molecule has 0 saturated heterocycles. The van der Waals surface area contributed by atoms with E-state index in [9.17, 15) is 12.6 Å². The van der Waals surface area contributed by atoms with Crippen molar-refractivity contribution in [1.29, 1.82) is 0 Å². The lowest BCUT2D eigenvalue weighted by Gasteiger charge is -2.05. The molecule has 0 fully saturated rings. The molecule has 0 aromatic heterocycles. The molecule has 7 nitrogen and oxygen atoms in total. The Hall–Kier alpha value is -0.0600. The van der Waals surface area contributed by atoms with Crippen molar-refractivity contribution in [3.63, 3.8) is 0 Å². The minimum atomic E-state index is -5.13. The Labute approximate surface area is 51.9 Å². The van der Waals surface area contributed by atoms with E-state index < -0.39 is 21.2 Å². The first-order valence-corrected chi connectivity index (χ1v) is 4.34. The summed E-state index contributed by atoms with van der Waals surface area (Å²) in [5, 5.41) is 0. The van der Waals surface area contributed by atoms with Crippen LogP contribution in [0.2, 0.25) is 0 Å². The molecule has 0 saturated carbocycles. The van der Waals surface area contributed by atoms with Crippen molar-refractivity contribution in [2.75, 3.05) is 0 Å². The van der Waals surface area contributed by atoms with Gasteiger partial charge in [-0.15, -0.1) is 3.63 Å². The van der Waals surface area contributed by atoms with Crippen molar-refractivity contribution in [3.8, 4) is 0 Å². The third kappa shape index (κ3) is 7.94. The Morgan fingerprint density at radius 2 is 1.67 bits per heavy atom. The summed E-state index contributed by atoms with van der Waals surface area (Å²) >= 11 is 0. The van der Waals surface area contributed by atoms with Gasteiger partial charge in [-0.25, -0.2) is 4.21 Å². The van der Waals surface area contributed by atoms with Gasteiger partial charge in [0.15, 0.2) is 10.8 Å². The standard InChI is InChI=1S/H4O7S2/c1-8(2,3)7-9(4,5)6/h8H,(H2,1,2,3)(H,4,5,6). The highest BCUT2D eigenvalue weighted by Gasteiger charge is 2.14. The van der Waals surface area contributed by atoms with Gasteiger partial charge in [-0.1, -0.05) is 0 Å². The molecule has 58 valence electrons. The van der Waals surface area contributed by atoms with Crippen molar-refractivity contribution in [2.45, 2.75) is 0 Å². The first kappa shape index (κ1) is 8.94. The molecule has 3 N–H and O–H groups in total. The summed E-state index contributed by atoms with van der Waals surface area (Å²) in [6.45, 7) is 0. The molecule has 0 unspecified atom stereocenters. The Bertz CT molecular complexity index is 213. The molecular weight excluding hydrogens is 176 g/mol. The molecule has 0 spiro atoms. The van der Waals surface area contributed by atoms with E-state index in [-0.39, 0.29) is 0 Å². The van der Waals surface area contributed by atoms with Crippen LogP contribution in [0.5, 0.6) is 0 Å². The predicted molar refractivity (Wildman–Crippen MR) is 27.4 cm³/mol. The zero-order valence-corrected chi connectivity index (χ0v) is 5.54. The largest absolute Gasteiger partial charge is 0.412 e. The van der Waals surface area contributed by atoms with Crippen LogP contribution in [0.4, 0.5) is 0 Å². The molecule has 0 aliphatic heterocycles. The van der Waals surface area contributed by atoms with E-state index in [1.54, 1.807) is 0 Å². The van der Waals surface area contributed by atoms with E-state index in [2.05, 4.69) is 3.63 Å². The number of hydrogen-bond donors (Lipinski definition) is 4. The van der Waals surface area contributed by atoms with Gasteiger partial charge >= 0.3 is 10.4 Å². The maximum Gasteiger partial charge on any atom is 0.412 e. The molecule has 9 heavy (non-hydrogen) atoms. The first-order valence-electron chi connectivity index (χ1n) is 1.45. The third-order valence-corrected chi connectivity index (χ3v) is 1.72. The molecule has 0 rings (SSSR count). The maximum absolute atomic E-state index is 9.58. The molecule has 0 aromatic carbocycles. The van der Waals surface area contributed by atoms with E-state index in [1.165, 1.54) is 0 Å². The summed E-state index contributed by atoms with van der Waals surface area (Å²) in [6, 6.07) is 0. The second-order valence-corrected chi connectivity index (χ2v) is 3.43. The van der Waals surface area contributed by atoms with Gasteiger partial charge in [0.1, 0.15) is 0 Å². The smallest absolute Gasteiger partial charge is 0.290 e. The fourth-order valence-electron chi connectivity index (χ4n) is 0.123. The zero-order valence-electron chi connectivity index (χ0n) is 3.83. The minimum Gasteiger partial charge on any atom is -0.290 e. The molecule has 9 heteroatoms. The molecular formula is H4O7S2. The van der Waals surface area contributed by atoms with Gasteiger partial charge < -0.3 is 0 Å². The zero-order chi connectivity index (χ0) is 7.71. The van der Waals surface area contributed by atoms with Crippen LogP contribution in [0.25, 0.3) is 0 Å². The fourth-order valence-corrected chi connectivity index (χ4v) is 1.10. The van der Waals surface area contributed by atoms with E-state index >= 15 is 0 Å². The molecule has 0 heterocycles. The summed E-state index contributed by atoms with van der Waals surface area (Å²) in [5.74, 6) is 0. The van der Waals surface area contributed by atoms with Crippen LogP contribution >= 0.6 is 0 Å². The average molecular weight is 180 g/mol. The molecule has 0 aromatic rings. The Kier molecular flexibility index (Phi) is 2.27. The van der Waals surface area contributed by atoms with Crippen molar-refractivity contribution in [1.82, 2.24) is 0 Å². The minimum absolute atomic E-state index is 2.82. The number of rotatable bonds is 2. The van der Waals surface area contributed by atoms with Crippen LogP contribution in [-0.2, 0) is 24.8 Å². The van der Waals surface area contributed by atoms with Crippen molar-refractivity contribution < 1.29 is 29.9 Å². The summed E-state index contributed by atoms with van der Waals surface area (Å²) in [7, 11) is -10.2. The Morgan fingerprint density at radius 3 is 1.67 bits per heavy atom. The monoisotopic (exact) mass is 180 g/mol. The second-order valence-electron chi connectivity index (χ2n) is 0.993. The van der Waals surface area contributed by atoms with Crippen LogP contribution in [0.1, 0.15) is 0 Å². The van der Waals surface area contributed by atoms with Gasteiger partial charge in [-0.05, 0) is 0 Å². The van der Waals surface area contributed by atoms with E-state index in [0.29, 0.717) is 0 Å². The van der Waals surface area contributed by atoms with Crippen molar-refractivity contribution in [2.24, 2.45) is 0 Å². The van der Waals surface area contributed by atoms with Crippen molar-refractivity contribution in [3.05, 3.63) is 0 Å². The quantitative estimate of drug-likeness (QED) is 0.307. The third-order valence-electron chi connectivity index (χ3n) is 0.191. The average Bonchev–Trinajstić information content (AvgIpc) is 1.14. The van der Waals surface area contributed by atoms with Crippen LogP contribution in [0.15, 0.2) is 0 Å². The summed E-state index contributed by atoms with van der Waals surface area (Å²) < 4.78 is 54.4. The van der Waals surface area contributed by atoms with Gasteiger partial charge in [-0.3, -0.25) is 13.7 Å². The lowest BCUT2D eigenvalue weighted by Crippen LogP contribution is -2.17. The van der Waals surface area contributed by atoms with E-state index in [4.69, 9.17) is 13.7 Å². The first-order chi connectivity index (χ1) is 3.71. The normalized spacial score (nSPS) is 15.4. The molecule has 0 aliphatic carbocycles. The van der Waals surface area contributed by atoms with Crippen LogP contribution in [0, 0.1) is 0 Å². The van der Waals surface area contributed by atoms with E-state index in [0.717, 1.165) is 0 Å². The lowest BCUT2D eigenvalue weighted by molar-refractivity contribution is 0.305. The summed E-state index contributed by atoms with van der Waals surface area (Å²) in [5.41, 5.74) is 0. The van der Waals surface area contributed by atoms with Crippen LogP contribution in [-0.4, -0.2) is 26.3 Å². The maximum atomic E-state index is 9.58. The Balaban J connectivity index is 4.26. The number of thiol groups is 1. The van der Waals surface area contributed by atoms with Crippen molar-refractivity contribution >= 4 is 21.2 Å². The van der Waals surface area contributed by atoms with Gasteiger partial charge in [-0.2, -0.15) is 8.42 Å². The summed E-state index contributed by atoms with van der Waals surface area (Å²) in [4.78, 5) is 0. The molecule has 0 bridgehead atoms. The lowest BCUT2D eigenvalue weighted by atomic mass is 15.7. The van der Waals surface area contributed by atoms with Crippen LogP contribution in [0.3, 0.4) is 0 Å².